The van der Waals surface area contributed by atoms with Gasteiger partial charge in [0.05, 0.1) is 30.6 Å². The molecule has 3 aromatic heterocycles. The van der Waals surface area contributed by atoms with E-state index in [1.807, 2.05) is 15.9 Å². The molecule has 3 saturated heterocycles. The number of aromatic nitrogens is 6. The van der Waals surface area contributed by atoms with Gasteiger partial charge in [0.1, 0.15) is 11.2 Å². The first-order chi connectivity index (χ1) is 20.5. The maximum Gasteiger partial charge on any atom is 0.320 e. The normalized spacial score (nSPS) is 19.5. The number of nitrogens with one attached hydrogen (secondary N) is 1. The van der Waals surface area contributed by atoms with Crippen molar-refractivity contribution in [1.82, 2.24) is 44.2 Å². The molecule has 0 aliphatic carbocycles. The molecule has 12 nitrogen and oxygen atoms in total. The van der Waals surface area contributed by atoms with Crippen molar-refractivity contribution in [3.63, 3.8) is 0 Å². The Morgan fingerprint density at radius 3 is 2.43 bits per heavy atom. The van der Waals surface area contributed by atoms with Gasteiger partial charge in [-0.1, -0.05) is 12.1 Å². The van der Waals surface area contributed by atoms with E-state index in [9.17, 15) is 13.6 Å². The summed E-state index contributed by atoms with van der Waals surface area (Å²) < 4.78 is 34.7. The Morgan fingerprint density at radius 1 is 0.952 bits per heavy atom. The second kappa shape index (κ2) is 11.1. The van der Waals surface area contributed by atoms with Crippen LogP contribution < -0.4 is 4.90 Å². The van der Waals surface area contributed by atoms with Crippen LogP contribution in [0.15, 0.2) is 24.5 Å². The highest BCUT2D eigenvalue weighted by Crippen LogP contribution is 2.35. The van der Waals surface area contributed by atoms with Crippen molar-refractivity contribution in [2.24, 2.45) is 0 Å². The predicted molar refractivity (Wildman–Crippen MR) is 153 cm³/mol. The summed E-state index contributed by atoms with van der Waals surface area (Å²) in [5, 5.41) is 0. The van der Waals surface area contributed by atoms with Gasteiger partial charge in [0, 0.05) is 64.0 Å². The lowest BCUT2D eigenvalue weighted by molar-refractivity contribution is 0.109. The van der Waals surface area contributed by atoms with Crippen LogP contribution in [0.5, 0.6) is 0 Å². The van der Waals surface area contributed by atoms with Crippen LogP contribution in [0.25, 0.3) is 33.5 Å². The highest BCUT2D eigenvalue weighted by Gasteiger charge is 2.30. The van der Waals surface area contributed by atoms with Gasteiger partial charge in [-0.05, 0) is 26.0 Å². The number of hydrogen-bond acceptors (Lipinski definition) is 8. The molecule has 14 heteroatoms. The number of para-hydroxylation sites is 1. The smallest absolute Gasteiger partial charge is 0.320 e. The molecule has 4 aromatic rings. The molecule has 2 amide bonds. The topological polar surface area (TPSA) is 112 Å². The number of ether oxygens (including phenoxy) is 1. The van der Waals surface area contributed by atoms with Crippen molar-refractivity contribution in [3.05, 3.63) is 30.4 Å². The molecule has 0 spiro atoms. The average molecular weight is 581 g/mol. The van der Waals surface area contributed by atoms with Gasteiger partial charge in [-0.15, -0.1) is 0 Å². The van der Waals surface area contributed by atoms with Crippen LogP contribution in [-0.2, 0) is 4.74 Å². The number of H-pyrrole nitrogens is 1. The Hall–Kier alpha value is -3.91. The molecule has 0 atom stereocenters. The van der Waals surface area contributed by atoms with E-state index in [2.05, 4.69) is 31.4 Å². The Morgan fingerprint density at radius 2 is 1.69 bits per heavy atom. The number of anilines is 1. The van der Waals surface area contributed by atoms with E-state index in [1.165, 1.54) is 0 Å². The van der Waals surface area contributed by atoms with E-state index in [0.717, 1.165) is 39.0 Å². The van der Waals surface area contributed by atoms with Gasteiger partial charge in [-0.3, -0.25) is 0 Å². The number of morpholine rings is 1. The number of benzene rings is 1. The summed E-state index contributed by atoms with van der Waals surface area (Å²) in [5.74, 6) is 0.173. The molecular weight excluding hydrogens is 546 g/mol. The van der Waals surface area contributed by atoms with Crippen LogP contribution in [-0.4, -0.2) is 123 Å². The molecule has 0 unspecified atom stereocenters. The van der Waals surface area contributed by atoms with Gasteiger partial charge in [-0.25, -0.2) is 28.5 Å². The number of aromatic amines is 1. The van der Waals surface area contributed by atoms with Gasteiger partial charge in [0.25, 0.3) is 6.43 Å². The Kier molecular flexibility index (Phi) is 7.10. The van der Waals surface area contributed by atoms with E-state index >= 15 is 0 Å². The van der Waals surface area contributed by atoms with Crippen molar-refractivity contribution in [2.45, 2.75) is 25.3 Å². The molecule has 0 saturated carbocycles. The van der Waals surface area contributed by atoms with Crippen LogP contribution >= 0.6 is 0 Å². The lowest BCUT2D eigenvalue weighted by atomic mass is 10.0. The molecule has 6 heterocycles. The molecular formula is C28H34F2N10O2. The van der Waals surface area contributed by atoms with Crippen LogP contribution in [0.2, 0.25) is 0 Å². The minimum atomic E-state index is -2.72. The third-order valence-corrected chi connectivity index (χ3v) is 8.60. The van der Waals surface area contributed by atoms with Gasteiger partial charge < -0.3 is 33.9 Å². The molecule has 3 aliphatic rings. The number of fused-ring (bicyclic) bond motifs is 2. The van der Waals surface area contributed by atoms with E-state index in [-0.39, 0.29) is 17.9 Å². The predicted octanol–water partition coefficient (Wildman–Crippen LogP) is 3.15. The van der Waals surface area contributed by atoms with E-state index in [0.29, 0.717) is 78.8 Å². The van der Waals surface area contributed by atoms with E-state index in [4.69, 9.17) is 19.7 Å². The Labute approximate surface area is 241 Å². The number of likely N-dealkylation sites (N-methyl/N-ethyl adjacent to an activating group) is 1. The zero-order chi connectivity index (χ0) is 28.8. The number of amides is 2. The first kappa shape index (κ1) is 27.0. The molecule has 1 aromatic carbocycles. The average Bonchev–Trinajstić information content (AvgIpc) is 3.66. The second-order valence-electron chi connectivity index (χ2n) is 11.2. The highest BCUT2D eigenvalue weighted by atomic mass is 19.3. The fraction of sp³-hybridized carbons (Fsp3) is 0.536. The number of hydrogen-bond donors (Lipinski definition) is 1. The van der Waals surface area contributed by atoms with Crippen LogP contribution in [0.3, 0.4) is 0 Å². The molecule has 7 rings (SSSR count). The summed E-state index contributed by atoms with van der Waals surface area (Å²) in [7, 11) is 2.08. The van der Waals surface area contributed by atoms with Crippen molar-refractivity contribution < 1.29 is 18.3 Å². The standard InChI is InChI=1S/C28H34F2N10O2/c1-36-9-11-39(12-10-36)28(41)38-7-5-18(6-8-38)40-17-31-23-22(34-27(35-26(23)40)37-13-15-42-16-14-37)19-3-2-4-20-21(19)33-25(32-20)24(29)30/h2-4,17-18,24H,5-16H2,1H3,(H,32,33). The summed E-state index contributed by atoms with van der Waals surface area (Å²) in [4.78, 5) is 43.0. The number of halogens is 2. The molecule has 0 bridgehead atoms. The van der Waals surface area contributed by atoms with Crippen LogP contribution in [0.4, 0.5) is 19.5 Å². The first-order valence-electron chi connectivity index (χ1n) is 14.5. The number of urea groups is 1. The zero-order valence-electron chi connectivity index (χ0n) is 23.5. The number of piperidine rings is 1. The highest BCUT2D eigenvalue weighted by molar-refractivity contribution is 5.99. The lowest BCUT2D eigenvalue weighted by Gasteiger charge is -2.39. The maximum absolute atomic E-state index is 13.5. The number of carbonyl (C=O) groups excluding carboxylic acids is 1. The second-order valence-corrected chi connectivity index (χ2v) is 11.2. The maximum atomic E-state index is 13.5. The molecule has 1 N–H and O–H groups in total. The number of piperazine rings is 1. The fourth-order valence-electron chi connectivity index (χ4n) is 6.14. The summed E-state index contributed by atoms with van der Waals surface area (Å²) in [6, 6.07) is 5.60. The van der Waals surface area contributed by atoms with Crippen molar-refractivity contribution in [3.8, 4) is 11.3 Å². The zero-order valence-corrected chi connectivity index (χ0v) is 23.5. The van der Waals surface area contributed by atoms with Gasteiger partial charge in [0.2, 0.25) is 5.95 Å². The minimum Gasteiger partial charge on any atom is -0.378 e. The minimum absolute atomic E-state index is 0.110. The number of imidazole rings is 2. The Balaban J connectivity index is 1.23. The third-order valence-electron chi connectivity index (χ3n) is 8.60. The van der Waals surface area contributed by atoms with Gasteiger partial charge >= 0.3 is 6.03 Å². The van der Waals surface area contributed by atoms with Crippen LogP contribution in [0, 0.1) is 0 Å². The third kappa shape index (κ3) is 4.91. The number of carbonyl (C=O) groups is 1. The summed E-state index contributed by atoms with van der Waals surface area (Å²) >= 11 is 0. The summed E-state index contributed by atoms with van der Waals surface area (Å²) in [5.41, 5.74) is 3.39. The van der Waals surface area contributed by atoms with Gasteiger partial charge in [-0.2, -0.15) is 4.98 Å². The largest absolute Gasteiger partial charge is 0.378 e. The number of rotatable bonds is 4. The lowest BCUT2D eigenvalue weighted by Crippen LogP contribution is -2.53. The Bertz CT molecular complexity index is 1580. The van der Waals surface area contributed by atoms with E-state index in [1.54, 1.807) is 18.5 Å². The van der Waals surface area contributed by atoms with Gasteiger partial charge in [0.15, 0.2) is 11.5 Å². The van der Waals surface area contributed by atoms with Crippen molar-refractivity contribution in [1.29, 1.82) is 0 Å². The van der Waals surface area contributed by atoms with Crippen molar-refractivity contribution in [2.75, 3.05) is 77.5 Å². The number of alkyl halides is 2. The summed E-state index contributed by atoms with van der Waals surface area (Å²) in [6.07, 6.45) is 0.644. The summed E-state index contributed by atoms with van der Waals surface area (Å²) in [6.45, 7) is 7.06. The first-order valence-corrected chi connectivity index (χ1v) is 14.5. The van der Waals surface area contributed by atoms with E-state index < -0.39 is 6.43 Å². The van der Waals surface area contributed by atoms with Crippen molar-refractivity contribution >= 4 is 34.2 Å². The fourth-order valence-corrected chi connectivity index (χ4v) is 6.14. The molecule has 222 valence electrons. The monoisotopic (exact) mass is 580 g/mol. The molecule has 3 fully saturated rings. The number of likely N-dealkylation sites (tertiary alicyclic amines) is 1. The SMILES string of the molecule is CN1CCN(C(=O)N2CCC(n3cnc4c(-c5cccc6[nH]c(C(F)F)nc56)nc(N5CCOCC5)nc43)CC2)CC1. The molecule has 0 radical (unpaired) electrons. The quantitative estimate of drug-likeness (QED) is 0.392. The molecule has 3 aliphatic heterocycles. The van der Waals surface area contributed by atoms with Crippen LogP contribution in [0.1, 0.15) is 31.1 Å². The number of nitrogens with zero attached hydrogens (tertiary/aromatic N) is 9. The molecule has 42 heavy (non-hydrogen) atoms.